The number of ketones is 1. The first kappa shape index (κ1) is 14.7. The lowest BCUT2D eigenvalue weighted by atomic mass is 10.1. The third-order valence-electron chi connectivity index (χ3n) is 2.56. The van der Waals surface area contributed by atoms with Gasteiger partial charge in [-0.25, -0.2) is 4.79 Å². The van der Waals surface area contributed by atoms with Crippen LogP contribution in [-0.2, 0) is 9.63 Å². The zero-order valence-corrected chi connectivity index (χ0v) is 12.7. The van der Waals surface area contributed by atoms with Gasteiger partial charge in [-0.1, -0.05) is 32.7 Å². The second-order valence-corrected chi connectivity index (χ2v) is 5.37. The minimum Gasteiger partial charge on any atom is -0.312 e. The Hall–Kier alpha value is -1.72. The number of hydrogen-bond donors (Lipinski definition) is 0. The minimum absolute atomic E-state index is 0.0361. The zero-order chi connectivity index (χ0) is 14.7. The van der Waals surface area contributed by atoms with Crippen molar-refractivity contribution in [2.45, 2.75) is 6.92 Å². The molecule has 0 saturated carbocycles. The Labute approximate surface area is 128 Å². The number of allylic oxidation sites excluding steroid dienone is 4. The Morgan fingerprint density at radius 2 is 1.90 bits per heavy atom. The van der Waals surface area contributed by atoms with Crippen molar-refractivity contribution in [3.05, 3.63) is 57.1 Å². The molecule has 0 unspecified atom stereocenters. The topological polar surface area (TPSA) is 55.7 Å². The molecule has 0 saturated heterocycles. The van der Waals surface area contributed by atoms with Crippen LogP contribution in [0.2, 0.25) is 0 Å². The summed E-state index contributed by atoms with van der Waals surface area (Å²) in [6.07, 6.45) is 2.71. The SMILES string of the molecule is CC1=CC(=O)C(Cl)=CC1=NOC(=O)c1ccc(Br)cc1. The highest BCUT2D eigenvalue weighted by atomic mass is 79.9. The standard InChI is InChI=1S/C14H9BrClNO3/c1-8-6-13(18)11(16)7-12(8)17-20-14(19)9-2-4-10(15)5-3-9/h2-7H,1H3. The summed E-state index contributed by atoms with van der Waals surface area (Å²) in [5.74, 6) is -0.874. The van der Waals surface area contributed by atoms with E-state index < -0.39 is 5.97 Å². The molecular formula is C14H9BrClNO3. The first-order chi connectivity index (χ1) is 9.47. The van der Waals surface area contributed by atoms with Gasteiger partial charge in [-0.05, 0) is 48.9 Å². The molecule has 0 heterocycles. The molecule has 20 heavy (non-hydrogen) atoms. The molecule has 0 aliphatic heterocycles. The molecule has 0 amide bonds. The molecule has 0 aromatic heterocycles. The third-order valence-corrected chi connectivity index (χ3v) is 3.38. The molecule has 1 aliphatic rings. The summed E-state index contributed by atoms with van der Waals surface area (Å²) in [6, 6.07) is 6.68. The van der Waals surface area contributed by atoms with Crippen molar-refractivity contribution < 1.29 is 14.4 Å². The van der Waals surface area contributed by atoms with Gasteiger partial charge >= 0.3 is 5.97 Å². The molecule has 0 atom stereocenters. The van der Waals surface area contributed by atoms with Gasteiger partial charge in [0.2, 0.25) is 0 Å². The Morgan fingerprint density at radius 1 is 1.25 bits per heavy atom. The first-order valence-electron chi connectivity index (χ1n) is 5.62. The number of benzene rings is 1. The van der Waals surface area contributed by atoms with Crippen LogP contribution in [0.5, 0.6) is 0 Å². The number of hydrogen-bond acceptors (Lipinski definition) is 4. The normalized spacial score (nSPS) is 16.8. The predicted molar refractivity (Wildman–Crippen MR) is 79.7 cm³/mol. The molecular weight excluding hydrogens is 346 g/mol. The van der Waals surface area contributed by atoms with Crippen LogP contribution in [0, 0.1) is 0 Å². The summed E-state index contributed by atoms with van der Waals surface area (Å²) in [4.78, 5) is 27.9. The maximum absolute atomic E-state index is 11.8. The number of carbonyl (C=O) groups is 2. The largest absolute Gasteiger partial charge is 0.365 e. The summed E-state index contributed by atoms with van der Waals surface area (Å²) < 4.78 is 0.861. The molecule has 102 valence electrons. The molecule has 0 fully saturated rings. The molecule has 1 aliphatic carbocycles. The van der Waals surface area contributed by atoms with E-state index >= 15 is 0 Å². The second-order valence-electron chi connectivity index (χ2n) is 4.05. The lowest BCUT2D eigenvalue weighted by Gasteiger charge is -2.07. The smallest absolute Gasteiger partial charge is 0.312 e. The zero-order valence-electron chi connectivity index (χ0n) is 10.4. The molecule has 1 aromatic carbocycles. The van der Waals surface area contributed by atoms with Gasteiger partial charge in [-0.2, -0.15) is 0 Å². The molecule has 2 rings (SSSR count). The summed E-state index contributed by atoms with van der Waals surface area (Å²) in [7, 11) is 0. The van der Waals surface area contributed by atoms with E-state index in [4.69, 9.17) is 16.4 Å². The lowest BCUT2D eigenvalue weighted by Crippen LogP contribution is -2.11. The van der Waals surface area contributed by atoms with Crippen molar-refractivity contribution >= 4 is 45.0 Å². The fraction of sp³-hybridized carbons (Fsp3) is 0.0714. The van der Waals surface area contributed by atoms with E-state index in [2.05, 4.69) is 21.1 Å². The van der Waals surface area contributed by atoms with Crippen LogP contribution in [0.3, 0.4) is 0 Å². The van der Waals surface area contributed by atoms with Crippen molar-refractivity contribution in [2.75, 3.05) is 0 Å². The van der Waals surface area contributed by atoms with Crippen molar-refractivity contribution in [1.82, 2.24) is 0 Å². The summed E-state index contributed by atoms with van der Waals surface area (Å²) in [5, 5.41) is 3.76. The Kier molecular flexibility index (Phi) is 4.52. The average Bonchev–Trinajstić information content (AvgIpc) is 2.42. The predicted octanol–water partition coefficient (Wildman–Crippen LogP) is 3.61. The van der Waals surface area contributed by atoms with E-state index in [1.165, 1.54) is 12.2 Å². The Bertz CT molecular complexity index is 660. The lowest BCUT2D eigenvalue weighted by molar-refractivity contribution is -0.110. The first-order valence-corrected chi connectivity index (χ1v) is 6.79. The fourth-order valence-corrected chi connectivity index (χ4v) is 1.89. The van der Waals surface area contributed by atoms with Crippen LogP contribution in [0.25, 0.3) is 0 Å². The fourth-order valence-electron chi connectivity index (χ4n) is 1.47. The van der Waals surface area contributed by atoms with Crippen LogP contribution in [-0.4, -0.2) is 17.5 Å². The van der Waals surface area contributed by atoms with Crippen molar-refractivity contribution in [1.29, 1.82) is 0 Å². The van der Waals surface area contributed by atoms with Crippen LogP contribution in [0.4, 0.5) is 0 Å². The summed E-state index contributed by atoms with van der Waals surface area (Å²) in [6.45, 7) is 1.68. The molecule has 0 N–H and O–H groups in total. The number of carbonyl (C=O) groups excluding carboxylic acids is 2. The van der Waals surface area contributed by atoms with E-state index in [0.717, 1.165) is 4.47 Å². The van der Waals surface area contributed by atoms with Crippen LogP contribution in [0.1, 0.15) is 17.3 Å². The molecule has 1 aromatic rings. The van der Waals surface area contributed by atoms with E-state index in [0.29, 0.717) is 16.8 Å². The van der Waals surface area contributed by atoms with Crippen molar-refractivity contribution in [3.8, 4) is 0 Å². The molecule has 4 nitrogen and oxygen atoms in total. The number of oxime groups is 1. The van der Waals surface area contributed by atoms with Crippen molar-refractivity contribution in [2.24, 2.45) is 5.16 Å². The van der Waals surface area contributed by atoms with E-state index in [9.17, 15) is 9.59 Å². The van der Waals surface area contributed by atoms with Gasteiger partial charge in [0.05, 0.1) is 10.6 Å². The highest BCUT2D eigenvalue weighted by Gasteiger charge is 2.15. The van der Waals surface area contributed by atoms with Gasteiger partial charge in [0.15, 0.2) is 5.78 Å². The van der Waals surface area contributed by atoms with Crippen molar-refractivity contribution in [3.63, 3.8) is 0 Å². The maximum Gasteiger partial charge on any atom is 0.365 e. The van der Waals surface area contributed by atoms with Gasteiger partial charge in [-0.3, -0.25) is 4.79 Å². The summed E-state index contributed by atoms with van der Waals surface area (Å²) >= 11 is 8.99. The highest BCUT2D eigenvalue weighted by molar-refractivity contribution is 9.10. The molecule has 6 heteroatoms. The molecule has 0 spiro atoms. The number of rotatable bonds is 2. The van der Waals surface area contributed by atoms with E-state index in [1.54, 1.807) is 31.2 Å². The van der Waals surface area contributed by atoms with Crippen LogP contribution in [0.15, 0.2) is 56.7 Å². The molecule has 0 radical (unpaired) electrons. The van der Waals surface area contributed by atoms with Gasteiger partial charge in [0.1, 0.15) is 5.71 Å². The molecule has 0 bridgehead atoms. The highest BCUT2D eigenvalue weighted by Crippen LogP contribution is 2.16. The average molecular weight is 355 g/mol. The monoisotopic (exact) mass is 353 g/mol. The number of halogens is 2. The van der Waals surface area contributed by atoms with Gasteiger partial charge in [0.25, 0.3) is 0 Å². The quantitative estimate of drug-likeness (QED) is 0.463. The Morgan fingerprint density at radius 3 is 2.55 bits per heavy atom. The minimum atomic E-state index is -0.584. The van der Waals surface area contributed by atoms with E-state index in [-0.39, 0.29) is 10.8 Å². The maximum atomic E-state index is 11.8. The van der Waals surface area contributed by atoms with Gasteiger partial charge in [0, 0.05) is 4.47 Å². The number of nitrogens with zero attached hydrogens (tertiary/aromatic N) is 1. The Balaban J connectivity index is 2.13. The second kappa shape index (κ2) is 6.15. The van der Waals surface area contributed by atoms with Crippen LogP contribution < -0.4 is 0 Å². The third kappa shape index (κ3) is 3.43. The summed E-state index contributed by atoms with van der Waals surface area (Å²) in [5.41, 5.74) is 1.31. The van der Waals surface area contributed by atoms with Gasteiger partial charge in [-0.15, -0.1) is 0 Å². The van der Waals surface area contributed by atoms with Crippen LogP contribution >= 0.6 is 27.5 Å². The van der Waals surface area contributed by atoms with Gasteiger partial charge < -0.3 is 4.84 Å². The van der Waals surface area contributed by atoms with E-state index in [1.807, 2.05) is 0 Å².